The highest BCUT2D eigenvalue weighted by molar-refractivity contribution is 6.69. The van der Waals surface area contributed by atoms with Gasteiger partial charge in [0, 0.05) is 11.3 Å². The van der Waals surface area contributed by atoms with Crippen molar-refractivity contribution in [1.82, 2.24) is 5.32 Å². The van der Waals surface area contributed by atoms with E-state index >= 15 is 0 Å². The summed E-state index contributed by atoms with van der Waals surface area (Å²) >= 11 is 0. The van der Waals surface area contributed by atoms with Crippen molar-refractivity contribution in [2.45, 2.75) is 71.5 Å². The normalized spacial score (nSPS) is 15.2. The molecule has 0 aromatic carbocycles. The van der Waals surface area contributed by atoms with Crippen molar-refractivity contribution in [2.24, 2.45) is 0 Å². The monoisotopic (exact) mass is 320 g/mol. The van der Waals surface area contributed by atoms with Crippen LogP contribution in [-0.4, -0.2) is 43.6 Å². The number of carbonyl (C=O) groups excluding carboxylic acids is 1. The highest BCUT2D eigenvalue weighted by Crippen LogP contribution is 2.14. The molecule has 0 saturated heterocycles. The van der Waals surface area contributed by atoms with Crippen molar-refractivity contribution >= 4 is 14.4 Å². The minimum Gasteiger partial charge on any atom is -0.444 e. The summed E-state index contributed by atoms with van der Waals surface area (Å²) in [5.41, 5.74) is -0.605. The molecule has 7 nitrogen and oxygen atoms in total. The van der Waals surface area contributed by atoms with Gasteiger partial charge >= 0.3 is 6.09 Å². The zero-order valence-electron chi connectivity index (χ0n) is 14.1. The molecular weight excluding hydrogens is 292 g/mol. The minimum atomic E-state index is -1.96. The lowest BCUT2D eigenvalue weighted by Crippen LogP contribution is -2.49. The van der Waals surface area contributed by atoms with Gasteiger partial charge in [0.15, 0.2) is 8.32 Å². The molecule has 0 fully saturated rings. The molecule has 0 saturated carbocycles. The fourth-order valence-electron chi connectivity index (χ4n) is 1.76. The van der Waals surface area contributed by atoms with Crippen molar-refractivity contribution in [2.75, 3.05) is 6.54 Å². The maximum Gasteiger partial charge on any atom is 0.407 e. The Kier molecular flexibility index (Phi) is 7.32. The Balaban J connectivity index is 4.76. The Morgan fingerprint density at radius 2 is 1.86 bits per heavy atom. The molecule has 21 heavy (non-hydrogen) atoms. The standard InChI is InChI=1S/C13H28N2O5Si/c1-8-10(15(17)18)11(20-21(5,6)7)9-14-12(16)19-13(2,3)4/h10-11H,8-9H2,1-7H3,(H,14,16). The number of alkyl carbamates (subject to hydrolysis) is 1. The third-order valence-electron chi connectivity index (χ3n) is 2.47. The maximum atomic E-state index is 11.7. The van der Waals surface area contributed by atoms with Crippen LogP contribution in [0.2, 0.25) is 19.6 Å². The average Bonchev–Trinajstić information content (AvgIpc) is 2.21. The van der Waals surface area contributed by atoms with Gasteiger partial charge in [0.1, 0.15) is 11.7 Å². The van der Waals surface area contributed by atoms with Crippen LogP contribution in [-0.2, 0) is 9.16 Å². The molecule has 0 heterocycles. The molecule has 0 aliphatic rings. The van der Waals surface area contributed by atoms with Crippen molar-refractivity contribution in [3.63, 3.8) is 0 Å². The quantitative estimate of drug-likeness (QED) is 0.442. The lowest BCUT2D eigenvalue weighted by atomic mass is 10.1. The summed E-state index contributed by atoms with van der Waals surface area (Å²) in [6.07, 6.45) is -0.896. The Hall–Kier alpha value is -1.15. The minimum absolute atomic E-state index is 0.0681. The topological polar surface area (TPSA) is 90.7 Å². The molecule has 2 atom stereocenters. The molecule has 0 aromatic heterocycles. The van der Waals surface area contributed by atoms with E-state index in [9.17, 15) is 14.9 Å². The number of hydrogen-bond donors (Lipinski definition) is 1. The maximum absolute atomic E-state index is 11.7. The summed E-state index contributed by atoms with van der Waals surface area (Å²) in [6.45, 7) is 13.0. The van der Waals surface area contributed by atoms with E-state index in [-0.39, 0.29) is 11.5 Å². The number of carbonyl (C=O) groups is 1. The molecule has 0 rings (SSSR count). The molecular formula is C13H28N2O5Si. The molecule has 0 aliphatic heterocycles. The lowest BCUT2D eigenvalue weighted by Gasteiger charge is -2.28. The number of nitro groups is 1. The number of nitrogens with one attached hydrogen (secondary N) is 1. The van der Waals surface area contributed by atoms with Crippen molar-refractivity contribution in [3.05, 3.63) is 10.1 Å². The van der Waals surface area contributed by atoms with Crippen LogP contribution in [0.5, 0.6) is 0 Å². The van der Waals surface area contributed by atoms with E-state index in [1.807, 2.05) is 19.6 Å². The van der Waals surface area contributed by atoms with Gasteiger partial charge in [-0.15, -0.1) is 0 Å². The largest absolute Gasteiger partial charge is 0.444 e. The molecule has 124 valence electrons. The fraction of sp³-hybridized carbons (Fsp3) is 0.923. The molecule has 1 N–H and O–H groups in total. The van der Waals surface area contributed by atoms with Gasteiger partial charge in [0.2, 0.25) is 6.04 Å². The van der Waals surface area contributed by atoms with E-state index in [1.54, 1.807) is 27.7 Å². The van der Waals surface area contributed by atoms with Gasteiger partial charge in [-0.3, -0.25) is 10.1 Å². The van der Waals surface area contributed by atoms with Gasteiger partial charge in [-0.05, 0) is 40.4 Å². The highest BCUT2D eigenvalue weighted by atomic mass is 28.4. The van der Waals surface area contributed by atoms with Gasteiger partial charge in [0.25, 0.3) is 0 Å². The third-order valence-corrected chi connectivity index (χ3v) is 3.48. The molecule has 0 spiro atoms. The summed E-state index contributed by atoms with van der Waals surface area (Å²) in [7, 11) is -1.96. The molecule has 1 amide bonds. The molecule has 8 heteroatoms. The van der Waals surface area contributed by atoms with E-state index in [2.05, 4.69) is 5.32 Å². The summed E-state index contributed by atoms with van der Waals surface area (Å²) in [6, 6.07) is -0.841. The molecule has 0 radical (unpaired) electrons. The lowest BCUT2D eigenvalue weighted by molar-refractivity contribution is -0.533. The first kappa shape index (κ1) is 19.8. The van der Waals surface area contributed by atoms with Crippen molar-refractivity contribution in [1.29, 1.82) is 0 Å². The van der Waals surface area contributed by atoms with Crippen molar-refractivity contribution in [3.8, 4) is 0 Å². The van der Waals surface area contributed by atoms with Crippen molar-refractivity contribution < 1.29 is 18.9 Å². The first-order valence-electron chi connectivity index (χ1n) is 7.14. The van der Waals surface area contributed by atoms with Crippen LogP contribution in [0.3, 0.4) is 0 Å². The number of nitrogens with zero attached hydrogens (tertiary/aromatic N) is 1. The molecule has 0 aromatic rings. The van der Waals surface area contributed by atoms with Gasteiger partial charge in [-0.2, -0.15) is 0 Å². The Bertz CT molecular complexity index is 363. The van der Waals surface area contributed by atoms with Gasteiger partial charge in [-0.1, -0.05) is 6.92 Å². The van der Waals surface area contributed by atoms with Crippen LogP contribution in [0.4, 0.5) is 4.79 Å². The second-order valence-corrected chi connectivity index (χ2v) is 11.4. The Labute approximate surface area is 127 Å². The van der Waals surface area contributed by atoms with E-state index in [0.29, 0.717) is 6.42 Å². The average molecular weight is 320 g/mol. The predicted molar refractivity (Wildman–Crippen MR) is 83.5 cm³/mol. The number of rotatable bonds is 7. The molecule has 2 unspecified atom stereocenters. The zero-order chi connectivity index (χ0) is 16.8. The first-order chi connectivity index (χ1) is 9.35. The second kappa shape index (κ2) is 7.74. The van der Waals surface area contributed by atoms with Gasteiger partial charge < -0.3 is 14.5 Å². The summed E-state index contributed by atoms with van der Waals surface area (Å²) < 4.78 is 11.0. The fourth-order valence-corrected chi connectivity index (χ4v) is 2.90. The van der Waals surface area contributed by atoms with Crippen LogP contribution in [0.25, 0.3) is 0 Å². The van der Waals surface area contributed by atoms with E-state index in [4.69, 9.17) is 9.16 Å². The summed E-state index contributed by atoms with van der Waals surface area (Å²) in [5.74, 6) is 0. The predicted octanol–water partition coefficient (Wildman–Crippen LogP) is 2.79. The van der Waals surface area contributed by atoms with Gasteiger partial charge in [-0.25, -0.2) is 4.79 Å². The summed E-state index contributed by atoms with van der Waals surface area (Å²) in [4.78, 5) is 22.4. The Morgan fingerprint density at radius 3 is 2.19 bits per heavy atom. The van der Waals surface area contributed by atoms with E-state index < -0.39 is 32.2 Å². The highest BCUT2D eigenvalue weighted by Gasteiger charge is 2.35. The second-order valence-electron chi connectivity index (χ2n) is 6.91. The number of ether oxygens (including phenoxy) is 1. The van der Waals surface area contributed by atoms with Crippen LogP contribution < -0.4 is 5.32 Å². The van der Waals surface area contributed by atoms with Crippen LogP contribution in [0, 0.1) is 10.1 Å². The first-order valence-corrected chi connectivity index (χ1v) is 10.5. The van der Waals surface area contributed by atoms with E-state index in [0.717, 1.165) is 0 Å². The van der Waals surface area contributed by atoms with Crippen LogP contribution in [0.15, 0.2) is 0 Å². The SMILES string of the molecule is CCC(C(CNC(=O)OC(C)(C)C)O[Si](C)(C)C)[N+](=O)[O-]. The van der Waals surface area contributed by atoms with Gasteiger partial charge in [0.05, 0.1) is 6.54 Å². The molecule has 0 aliphatic carbocycles. The molecule has 0 bridgehead atoms. The third kappa shape index (κ3) is 9.41. The smallest absolute Gasteiger partial charge is 0.407 e. The summed E-state index contributed by atoms with van der Waals surface area (Å²) in [5, 5.41) is 13.7. The number of hydrogen-bond acceptors (Lipinski definition) is 5. The van der Waals surface area contributed by atoms with Crippen LogP contribution in [0.1, 0.15) is 34.1 Å². The van der Waals surface area contributed by atoms with Crippen LogP contribution >= 0.6 is 0 Å². The Morgan fingerprint density at radius 1 is 1.33 bits per heavy atom. The van der Waals surface area contributed by atoms with E-state index in [1.165, 1.54) is 0 Å². The zero-order valence-corrected chi connectivity index (χ0v) is 15.1. The number of amides is 1.